The maximum absolute atomic E-state index is 12.2. The fraction of sp³-hybridized carbons (Fsp3) is 0.696. The minimum absolute atomic E-state index is 0.213. The molecule has 0 unspecified atom stereocenters. The number of hydrogen-bond donors (Lipinski definition) is 0. The molecule has 11 heteroatoms. The topological polar surface area (TPSA) is 112 Å². The lowest BCUT2D eigenvalue weighted by molar-refractivity contribution is -0.118. The van der Waals surface area contributed by atoms with Crippen molar-refractivity contribution in [2.24, 2.45) is 5.11 Å². The van der Waals surface area contributed by atoms with Crippen LogP contribution in [0.15, 0.2) is 29.4 Å². The average Bonchev–Trinajstić information content (AvgIpc) is 2.80. The van der Waals surface area contributed by atoms with Gasteiger partial charge in [0.15, 0.2) is 7.38 Å². The Morgan fingerprint density at radius 1 is 0.912 bits per heavy atom. The molecule has 0 atom stereocenters. The highest BCUT2D eigenvalue weighted by Gasteiger charge is 2.20. The minimum atomic E-state index is -1.88. The van der Waals surface area contributed by atoms with Crippen LogP contribution < -0.4 is 5.19 Å². The zero-order valence-corrected chi connectivity index (χ0v) is 22.1. The predicted octanol–water partition coefficient (Wildman–Crippen LogP) is 3.62. The van der Waals surface area contributed by atoms with E-state index < -0.39 is 7.38 Å². The molecule has 34 heavy (non-hydrogen) atoms. The number of hydrogen-bond acceptors (Lipinski definition) is 7. The number of halogens is 1. The Kier molecular flexibility index (Phi) is 17.8. The second kappa shape index (κ2) is 19.8. The quantitative estimate of drug-likeness (QED) is 0.0582. The normalized spacial score (nSPS) is 11.4. The van der Waals surface area contributed by atoms with Crippen LogP contribution >= 0.6 is 11.1 Å². The summed E-state index contributed by atoms with van der Waals surface area (Å²) < 4.78 is 26.9. The molecule has 0 bridgehead atoms. The summed E-state index contributed by atoms with van der Waals surface area (Å²) in [6.07, 6.45) is 1.65. The average molecular weight is 516 g/mol. The number of azide groups is 1. The van der Waals surface area contributed by atoms with Gasteiger partial charge >= 0.3 is 0 Å². The zero-order valence-electron chi connectivity index (χ0n) is 20.4. The molecule has 1 aromatic rings. The third-order valence-corrected chi connectivity index (χ3v) is 6.98. The van der Waals surface area contributed by atoms with Crippen molar-refractivity contribution in [3.8, 4) is 0 Å². The summed E-state index contributed by atoms with van der Waals surface area (Å²) in [4.78, 5) is 14.8. The van der Waals surface area contributed by atoms with E-state index in [9.17, 15) is 4.79 Å². The third-order valence-electron chi connectivity index (χ3n) is 4.65. The molecule has 0 amide bonds. The van der Waals surface area contributed by atoms with E-state index in [1.165, 1.54) is 0 Å². The summed E-state index contributed by atoms with van der Waals surface area (Å²) in [6.45, 7) is 9.30. The molecule has 0 aromatic heterocycles. The molecule has 0 saturated heterocycles. The highest BCUT2D eigenvalue weighted by Crippen LogP contribution is 2.11. The van der Waals surface area contributed by atoms with Gasteiger partial charge in [-0.1, -0.05) is 42.5 Å². The Bertz CT molecular complexity index is 729. The number of rotatable bonds is 22. The molecule has 1 aromatic carbocycles. The van der Waals surface area contributed by atoms with E-state index in [0.717, 1.165) is 10.8 Å². The van der Waals surface area contributed by atoms with Crippen molar-refractivity contribution in [3.63, 3.8) is 0 Å². The minimum Gasteiger partial charge on any atom is -0.379 e. The molecule has 0 spiro atoms. The van der Waals surface area contributed by atoms with Crippen LogP contribution in [0.25, 0.3) is 10.4 Å². The van der Waals surface area contributed by atoms with Gasteiger partial charge in [-0.25, -0.2) is 0 Å². The maximum atomic E-state index is 12.2. The van der Waals surface area contributed by atoms with Gasteiger partial charge in [0.05, 0.1) is 59.5 Å². The first-order valence-corrected chi connectivity index (χ1v) is 15.6. The van der Waals surface area contributed by atoms with E-state index in [4.69, 9.17) is 40.3 Å². The lowest BCUT2D eigenvalue weighted by Crippen LogP contribution is -2.35. The number of carbonyl (C=O) groups excluding carboxylic acids is 1. The van der Waals surface area contributed by atoms with Crippen LogP contribution in [0, 0.1) is 0 Å². The summed E-state index contributed by atoms with van der Waals surface area (Å²) >= 11 is 6.49. The van der Waals surface area contributed by atoms with Gasteiger partial charge in [0.25, 0.3) is 0 Å². The van der Waals surface area contributed by atoms with Crippen LogP contribution in [-0.2, 0) is 34.9 Å². The van der Waals surface area contributed by atoms with Crippen molar-refractivity contribution in [3.05, 3.63) is 40.3 Å². The fourth-order valence-electron chi connectivity index (χ4n) is 2.87. The van der Waals surface area contributed by atoms with Gasteiger partial charge in [0.2, 0.25) is 0 Å². The highest BCUT2D eigenvalue weighted by atomic mass is 35.6. The second-order valence-electron chi connectivity index (χ2n) is 8.01. The Labute approximate surface area is 208 Å². The Morgan fingerprint density at radius 2 is 1.44 bits per heavy atom. The van der Waals surface area contributed by atoms with Crippen LogP contribution in [0.1, 0.15) is 18.4 Å². The maximum Gasteiger partial charge on any atom is 0.180 e. The molecule has 1 rings (SSSR count). The number of ether oxygens (including phenoxy) is 5. The monoisotopic (exact) mass is 515 g/mol. The number of benzene rings is 1. The lowest BCUT2D eigenvalue weighted by atomic mass is 10.1. The SMILES string of the molecule is C[Si](C)(Cl)c1cccc(CC(=O)CCCOCCOCCOCCOCCOCCN=[N+]=[N-])c1. The van der Waals surface area contributed by atoms with Gasteiger partial charge in [-0.15, -0.1) is 0 Å². The summed E-state index contributed by atoms with van der Waals surface area (Å²) in [7, 11) is -1.88. The third kappa shape index (κ3) is 17.0. The summed E-state index contributed by atoms with van der Waals surface area (Å²) in [5, 5.41) is 4.52. The summed E-state index contributed by atoms with van der Waals surface area (Å²) in [6, 6.07) is 8.07. The van der Waals surface area contributed by atoms with Gasteiger partial charge in [-0.05, 0) is 22.7 Å². The van der Waals surface area contributed by atoms with E-state index in [1.807, 2.05) is 18.2 Å². The van der Waals surface area contributed by atoms with Gasteiger partial charge in [0.1, 0.15) is 5.78 Å². The number of Topliss-reactive ketones (excluding diaryl/α,β-unsaturated/α-hetero) is 1. The molecule has 0 aliphatic rings. The van der Waals surface area contributed by atoms with Crippen LogP contribution in [0.5, 0.6) is 0 Å². The van der Waals surface area contributed by atoms with E-state index >= 15 is 0 Å². The molecule has 0 fully saturated rings. The Morgan fingerprint density at radius 3 is 1.97 bits per heavy atom. The van der Waals surface area contributed by atoms with Crippen molar-refractivity contribution in [2.45, 2.75) is 32.4 Å². The van der Waals surface area contributed by atoms with Crippen molar-refractivity contribution < 1.29 is 28.5 Å². The van der Waals surface area contributed by atoms with Crippen LogP contribution in [0.2, 0.25) is 13.1 Å². The number of ketones is 1. The van der Waals surface area contributed by atoms with Crippen molar-refractivity contribution >= 4 is 29.4 Å². The Hall–Kier alpha value is -1.49. The van der Waals surface area contributed by atoms with Crippen LogP contribution in [-0.4, -0.2) is 85.8 Å². The summed E-state index contributed by atoms with van der Waals surface area (Å²) in [5.74, 6) is 0.213. The molecule has 0 heterocycles. The molecule has 0 saturated carbocycles. The van der Waals surface area contributed by atoms with E-state index in [0.29, 0.717) is 91.9 Å². The van der Waals surface area contributed by atoms with Gasteiger partial charge in [-0.2, -0.15) is 11.1 Å². The first-order chi connectivity index (χ1) is 16.4. The molecular weight excluding hydrogens is 478 g/mol. The molecular formula is C23H38ClN3O6Si. The molecule has 192 valence electrons. The van der Waals surface area contributed by atoms with Crippen molar-refractivity contribution in [2.75, 3.05) is 72.6 Å². The molecule has 9 nitrogen and oxygen atoms in total. The van der Waals surface area contributed by atoms with Crippen LogP contribution in [0.3, 0.4) is 0 Å². The second-order valence-corrected chi connectivity index (χ2v) is 14.4. The van der Waals surface area contributed by atoms with Gasteiger partial charge < -0.3 is 23.7 Å². The molecule has 0 N–H and O–H groups in total. The Balaban J connectivity index is 1.87. The first kappa shape index (κ1) is 30.5. The van der Waals surface area contributed by atoms with E-state index in [-0.39, 0.29) is 5.78 Å². The smallest absolute Gasteiger partial charge is 0.180 e. The molecule has 0 aliphatic carbocycles. The van der Waals surface area contributed by atoms with E-state index in [1.54, 1.807) is 0 Å². The predicted molar refractivity (Wildman–Crippen MR) is 135 cm³/mol. The fourth-order valence-corrected chi connectivity index (χ4v) is 4.24. The van der Waals surface area contributed by atoms with Crippen molar-refractivity contribution in [1.82, 2.24) is 0 Å². The zero-order chi connectivity index (χ0) is 24.9. The number of nitrogens with zero attached hydrogens (tertiary/aromatic N) is 3. The first-order valence-electron chi connectivity index (χ1n) is 11.6. The van der Waals surface area contributed by atoms with Crippen LogP contribution in [0.4, 0.5) is 0 Å². The van der Waals surface area contributed by atoms with E-state index in [2.05, 4.69) is 29.2 Å². The van der Waals surface area contributed by atoms with Gasteiger partial charge in [0, 0.05) is 30.9 Å². The molecule has 0 aliphatic heterocycles. The number of carbonyl (C=O) groups is 1. The standard InChI is InChI=1S/C23H38ClN3O6Si/c1-34(2,24)23-7-3-5-21(20-23)19-22(28)6-4-9-29-11-13-31-15-17-33-18-16-32-14-12-30-10-8-26-27-25/h3,5,7,20H,4,6,8-19H2,1-2H3. The lowest BCUT2D eigenvalue weighted by Gasteiger charge is -2.14. The largest absolute Gasteiger partial charge is 0.379 e. The van der Waals surface area contributed by atoms with Crippen molar-refractivity contribution in [1.29, 1.82) is 0 Å². The van der Waals surface area contributed by atoms with Gasteiger partial charge in [-0.3, -0.25) is 4.79 Å². The summed E-state index contributed by atoms with van der Waals surface area (Å²) in [5.41, 5.74) is 9.14. The molecule has 0 radical (unpaired) electrons. The highest BCUT2D eigenvalue weighted by molar-refractivity contribution is 7.26.